The van der Waals surface area contributed by atoms with Gasteiger partial charge in [0.1, 0.15) is 15.6 Å². The molecule has 0 spiro atoms. The van der Waals surface area contributed by atoms with Gasteiger partial charge in [-0.1, -0.05) is 77.6 Å². The fourth-order valence-corrected chi connectivity index (χ4v) is 9.03. The average Bonchev–Trinajstić information content (AvgIpc) is 3.57. The number of nitrogens with one attached hydrogen (secondary N) is 1. The van der Waals surface area contributed by atoms with Gasteiger partial charge in [0.15, 0.2) is 0 Å². The van der Waals surface area contributed by atoms with Gasteiger partial charge in [-0.25, -0.2) is 9.59 Å². The Morgan fingerprint density at radius 3 is 2.21 bits per heavy atom. The van der Waals surface area contributed by atoms with Crippen LogP contribution in [-0.4, -0.2) is 82.1 Å². The number of carbonyl (C=O) groups is 2. The Hall–Kier alpha value is -2.07. The lowest BCUT2D eigenvalue weighted by atomic mass is 9.81. The van der Waals surface area contributed by atoms with E-state index in [4.69, 9.17) is 13.3 Å². The van der Waals surface area contributed by atoms with Crippen LogP contribution in [0, 0.1) is 0 Å². The maximum Gasteiger partial charge on any atom is 0.437 e. The molecule has 0 aromatic carbocycles. The molecule has 48 heavy (non-hydrogen) atoms. The number of unbranched alkanes of at least 4 members (excludes halogenated alkanes) is 3. The van der Waals surface area contributed by atoms with Crippen LogP contribution in [0.1, 0.15) is 160 Å². The molecule has 4 rings (SSSR count). The van der Waals surface area contributed by atoms with Crippen LogP contribution in [-0.2, 0) is 23.7 Å². The van der Waals surface area contributed by atoms with E-state index in [0.717, 1.165) is 92.1 Å². The number of aromatic nitrogens is 2. The number of alkyl carbamates (subject to hydrolysis) is 1. The van der Waals surface area contributed by atoms with Crippen LogP contribution in [0.15, 0.2) is 0 Å². The van der Waals surface area contributed by atoms with Gasteiger partial charge in [-0.3, -0.25) is 0 Å². The van der Waals surface area contributed by atoms with Gasteiger partial charge in [0.05, 0.1) is 12.1 Å². The zero-order valence-electron chi connectivity index (χ0n) is 30.0. The van der Waals surface area contributed by atoms with Crippen molar-refractivity contribution >= 4 is 33.9 Å². The summed E-state index contributed by atoms with van der Waals surface area (Å²) in [6.07, 6.45) is 11.3. The van der Waals surface area contributed by atoms with Gasteiger partial charge in [-0.05, 0) is 72.1 Å². The molecule has 2 atom stereocenters. The summed E-state index contributed by atoms with van der Waals surface area (Å²) in [6.45, 7) is 14.8. The molecule has 274 valence electrons. The minimum Gasteiger partial charge on any atom is -0.444 e. The molecule has 2 saturated heterocycles. The summed E-state index contributed by atoms with van der Waals surface area (Å²) >= 11 is 1.48. The minimum absolute atomic E-state index is 0.0194. The predicted octanol–water partition coefficient (Wildman–Crippen LogP) is 7.38. The summed E-state index contributed by atoms with van der Waals surface area (Å²) in [6, 6.07) is -1.20. The van der Waals surface area contributed by atoms with Crippen molar-refractivity contribution in [2.24, 2.45) is 0 Å². The Morgan fingerprint density at radius 1 is 0.958 bits per heavy atom. The first-order valence-corrected chi connectivity index (χ1v) is 20.2. The number of rotatable bonds is 19. The Balaban J connectivity index is 1.40. The van der Waals surface area contributed by atoms with Gasteiger partial charge in [0.2, 0.25) is 0 Å². The minimum atomic E-state index is -4.59. The maximum absolute atomic E-state index is 13.6. The number of hydroxylamine groups is 4. The van der Waals surface area contributed by atoms with Crippen LogP contribution in [0.5, 0.6) is 0 Å². The molecule has 1 aliphatic carbocycles. The smallest absolute Gasteiger partial charge is 0.437 e. The van der Waals surface area contributed by atoms with Crippen LogP contribution in [0.4, 0.5) is 9.59 Å². The highest BCUT2D eigenvalue weighted by Crippen LogP contribution is 2.44. The number of fused-ring (bicyclic) bond motifs is 2. The van der Waals surface area contributed by atoms with E-state index in [2.05, 4.69) is 43.2 Å². The van der Waals surface area contributed by atoms with Crippen molar-refractivity contribution in [2.75, 3.05) is 13.1 Å². The van der Waals surface area contributed by atoms with Crippen LogP contribution >= 0.6 is 11.3 Å². The van der Waals surface area contributed by atoms with E-state index in [0.29, 0.717) is 25.9 Å². The molecule has 2 aliphatic heterocycles. The topological polar surface area (TPSA) is 144 Å². The quantitative estimate of drug-likeness (QED) is 0.144. The fraction of sp³-hybridized carbons (Fsp3) is 0.879. The summed E-state index contributed by atoms with van der Waals surface area (Å²) in [5.74, 6) is 0.175. The molecule has 3 heterocycles. The van der Waals surface area contributed by atoms with Gasteiger partial charge < -0.3 is 15.0 Å². The highest BCUT2D eigenvalue weighted by Gasteiger charge is 2.50. The molecular weight excluding hydrogens is 657 g/mol. The van der Waals surface area contributed by atoms with Crippen LogP contribution in [0.2, 0.25) is 0 Å². The highest BCUT2D eigenvalue weighted by atomic mass is 32.3. The lowest BCUT2D eigenvalue weighted by Crippen LogP contribution is -2.51. The van der Waals surface area contributed by atoms with E-state index in [1.165, 1.54) is 11.3 Å². The number of carbonyl (C=O) groups excluding carboxylic acids is 2. The standard InChI is InChI=1S/C33H58N6O7S2/c1-8-12-18-33(17-11-4,19-13-9-2)38(20-14-10-3)45-48(42,43)46-39-26-15-16-27(37(23-26)31(39)41)29-36-35-28(47-29)24-21-25(22-24)34-30(40)44-32(5,6)7/h24-27H,8-23H2,1-7H3,(H,34,40)/t24-,25-,26?,27-/m0/s1. The first kappa shape index (κ1) is 38.7. The lowest BCUT2D eigenvalue weighted by Gasteiger charge is -2.43. The first-order valence-electron chi connectivity index (χ1n) is 18.1. The largest absolute Gasteiger partial charge is 0.444 e. The Kier molecular flexibility index (Phi) is 13.5. The second-order valence-corrected chi connectivity index (χ2v) is 16.8. The van der Waals surface area contributed by atoms with Crippen molar-refractivity contribution in [1.82, 2.24) is 30.5 Å². The fourth-order valence-electron chi connectivity index (χ4n) is 7.05. The Bertz CT molecular complexity index is 1310. The van der Waals surface area contributed by atoms with Gasteiger partial charge in [0, 0.05) is 30.6 Å². The predicted molar refractivity (Wildman–Crippen MR) is 184 cm³/mol. The highest BCUT2D eigenvalue weighted by molar-refractivity contribution is 7.81. The normalized spacial score (nSPS) is 23.1. The molecule has 3 amide bonds. The average molecular weight is 715 g/mol. The SMILES string of the molecule is CCCCN(OS(=O)(=O)ON1C(=O)N2CC1CC[C@H]2c1nnc([C@H]2C[C@H](NC(=O)OC(C)(C)C)C2)s1)C(CCC)(CCCC)CCCC. The molecular formula is C33H58N6O7S2. The lowest BCUT2D eigenvalue weighted by molar-refractivity contribution is -0.172. The molecule has 2 bridgehead atoms. The van der Waals surface area contributed by atoms with Gasteiger partial charge >= 0.3 is 22.5 Å². The monoisotopic (exact) mass is 714 g/mol. The van der Waals surface area contributed by atoms with Crippen molar-refractivity contribution in [3.63, 3.8) is 0 Å². The summed E-state index contributed by atoms with van der Waals surface area (Å²) in [7, 11) is -4.59. The second-order valence-electron chi connectivity index (χ2n) is 14.7. The Labute approximate surface area is 291 Å². The van der Waals surface area contributed by atoms with E-state index in [9.17, 15) is 18.0 Å². The number of hydrogen-bond acceptors (Lipinski definition) is 11. The number of urea groups is 1. The molecule has 3 fully saturated rings. The van der Waals surface area contributed by atoms with Crippen LogP contribution in [0.3, 0.4) is 0 Å². The van der Waals surface area contributed by atoms with E-state index in [1.54, 1.807) is 9.96 Å². The molecule has 1 aromatic rings. The summed E-state index contributed by atoms with van der Waals surface area (Å²) in [5.41, 5.74) is -0.975. The number of hydrogen-bond donors (Lipinski definition) is 1. The van der Waals surface area contributed by atoms with Gasteiger partial charge in [-0.2, -0.15) is 22.8 Å². The molecule has 1 saturated carbocycles. The summed E-state index contributed by atoms with van der Waals surface area (Å²) in [5, 5.41) is 16.0. The summed E-state index contributed by atoms with van der Waals surface area (Å²) < 4.78 is 43.9. The van der Waals surface area contributed by atoms with Crippen LogP contribution < -0.4 is 5.32 Å². The molecule has 1 aromatic heterocycles. The third kappa shape index (κ3) is 9.79. The molecule has 3 aliphatic rings. The van der Waals surface area contributed by atoms with E-state index >= 15 is 0 Å². The first-order chi connectivity index (χ1) is 22.7. The molecule has 15 heteroatoms. The van der Waals surface area contributed by atoms with Crippen LogP contribution in [0.25, 0.3) is 0 Å². The van der Waals surface area contributed by atoms with Gasteiger partial charge in [0.25, 0.3) is 0 Å². The number of piperidine rings is 1. The van der Waals surface area contributed by atoms with E-state index in [-0.39, 0.29) is 18.0 Å². The van der Waals surface area contributed by atoms with Crippen molar-refractivity contribution in [3.8, 4) is 0 Å². The second kappa shape index (κ2) is 16.8. The van der Waals surface area contributed by atoms with Crippen molar-refractivity contribution in [1.29, 1.82) is 0 Å². The van der Waals surface area contributed by atoms with E-state index in [1.807, 2.05) is 20.8 Å². The third-order valence-electron chi connectivity index (χ3n) is 9.58. The zero-order chi connectivity index (χ0) is 35.1. The van der Waals surface area contributed by atoms with E-state index < -0.39 is 39.7 Å². The maximum atomic E-state index is 13.6. The number of amides is 3. The Morgan fingerprint density at radius 2 is 1.60 bits per heavy atom. The molecule has 1 N–H and O–H groups in total. The third-order valence-corrected chi connectivity index (χ3v) is 11.5. The van der Waals surface area contributed by atoms with Crippen molar-refractivity contribution in [3.05, 3.63) is 10.0 Å². The van der Waals surface area contributed by atoms with Crippen molar-refractivity contribution < 1.29 is 31.3 Å². The zero-order valence-corrected chi connectivity index (χ0v) is 31.7. The van der Waals surface area contributed by atoms with Crippen molar-refractivity contribution in [2.45, 2.75) is 174 Å². The molecule has 13 nitrogen and oxygen atoms in total. The molecule has 1 unspecified atom stereocenters. The summed E-state index contributed by atoms with van der Waals surface area (Å²) in [4.78, 5) is 27.4. The number of ether oxygens (including phenoxy) is 1. The molecule has 0 radical (unpaired) electrons. The number of nitrogens with zero attached hydrogens (tertiary/aromatic N) is 5. The van der Waals surface area contributed by atoms with Gasteiger partial charge in [-0.15, -0.1) is 14.5 Å².